The highest BCUT2D eigenvalue weighted by Gasteiger charge is 2.09. The van der Waals surface area contributed by atoms with Crippen LogP contribution in [0.3, 0.4) is 0 Å². The summed E-state index contributed by atoms with van der Waals surface area (Å²) in [5.74, 6) is 0.117. The fraction of sp³-hybridized carbons (Fsp3) is 0. The van der Waals surface area contributed by atoms with Gasteiger partial charge in [0.25, 0.3) is 5.24 Å². The van der Waals surface area contributed by atoms with Crippen molar-refractivity contribution in [2.45, 2.75) is 0 Å². The van der Waals surface area contributed by atoms with Crippen LogP contribution in [0, 0.1) is 0 Å². The Morgan fingerprint density at radius 1 is 1.46 bits per heavy atom. The molecule has 0 radical (unpaired) electrons. The van der Waals surface area contributed by atoms with Crippen molar-refractivity contribution in [3.8, 4) is 5.75 Å². The Hall–Kier alpha value is -1.48. The maximum atomic E-state index is 10.9. The number of phenolic OH excluding ortho intramolecular Hbond substituents is 1. The molecule has 2 N–H and O–H groups in total. The zero-order valence-electron chi connectivity index (χ0n) is 6.54. The molecular formula is C9H6ClNO2. The first-order valence-electron chi connectivity index (χ1n) is 3.68. The minimum atomic E-state index is -0.531. The number of aromatic nitrogens is 1. The Kier molecular flexibility index (Phi) is 1.74. The molecule has 1 aromatic heterocycles. The number of carbonyl (C=O) groups excluding carboxylic acids is 1. The number of fused-ring (bicyclic) bond motifs is 1. The van der Waals surface area contributed by atoms with Crippen LogP contribution in [0.25, 0.3) is 10.9 Å². The van der Waals surface area contributed by atoms with Gasteiger partial charge in [-0.05, 0) is 29.8 Å². The van der Waals surface area contributed by atoms with Crippen LogP contribution in [0.2, 0.25) is 0 Å². The number of rotatable bonds is 1. The summed E-state index contributed by atoms with van der Waals surface area (Å²) in [6.07, 6.45) is 1.53. The van der Waals surface area contributed by atoms with Crippen LogP contribution in [0.5, 0.6) is 5.75 Å². The minimum absolute atomic E-state index is 0.117. The number of hydrogen-bond acceptors (Lipinski definition) is 2. The molecule has 4 heteroatoms. The molecule has 2 rings (SSSR count). The van der Waals surface area contributed by atoms with Gasteiger partial charge in [0, 0.05) is 17.1 Å². The molecule has 1 heterocycles. The molecule has 0 saturated heterocycles. The van der Waals surface area contributed by atoms with Crippen molar-refractivity contribution in [2.75, 3.05) is 0 Å². The molecule has 0 fully saturated rings. The lowest BCUT2D eigenvalue weighted by molar-refractivity contribution is 0.108. The lowest BCUT2D eigenvalue weighted by Crippen LogP contribution is -1.84. The summed E-state index contributed by atoms with van der Waals surface area (Å²) in [6.45, 7) is 0. The number of H-pyrrole nitrogens is 1. The fourth-order valence-corrected chi connectivity index (χ4v) is 1.43. The smallest absolute Gasteiger partial charge is 0.254 e. The summed E-state index contributed by atoms with van der Waals surface area (Å²) >= 11 is 5.34. The van der Waals surface area contributed by atoms with Crippen molar-refractivity contribution in [3.63, 3.8) is 0 Å². The third-order valence-electron chi connectivity index (χ3n) is 1.88. The normalized spacial score (nSPS) is 10.5. The molecule has 66 valence electrons. The molecule has 0 aliphatic rings. The van der Waals surface area contributed by atoms with Gasteiger partial charge >= 0.3 is 0 Å². The van der Waals surface area contributed by atoms with Gasteiger partial charge in [-0.1, -0.05) is 0 Å². The predicted molar refractivity (Wildman–Crippen MR) is 50.1 cm³/mol. The average molecular weight is 196 g/mol. The SMILES string of the molecule is O=C(Cl)c1c[nH]c2ccc(O)cc12. The third kappa shape index (κ3) is 1.27. The van der Waals surface area contributed by atoms with Crippen molar-refractivity contribution in [3.05, 3.63) is 30.0 Å². The molecule has 13 heavy (non-hydrogen) atoms. The van der Waals surface area contributed by atoms with Crippen LogP contribution in [0.1, 0.15) is 10.4 Å². The summed E-state index contributed by atoms with van der Waals surface area (Å²) in [4.78, 5) is 13.8. The van der Waals surface area contributed by atoms with Crippen LogP contribution in [-0.4, -0.2) is 15.3 Å². The maximum absolute atomic E-state index is 10.9. The molecule has 0 amide bonds. The van der Waals surface area contributed by atoms with Gasteiger partial charge in [0.2, 0.25) is 0 Å². The van der Waals surface area contributed by atoms with E-state index in [1.807, 2.05) is 0 Å². The topological polar surface area (TPSA) is 53.1 Å². The van der Waals surface area contributed by atoms with E-state index in [0.717, 1.165) is 5.52 Å². The molecule has 0 bridgehead atoms. The summed E-state index contributed by atoms with van der Waals surface area (Å²) in [7, 11) is 0. The van der Waals surface area contributed by atoms with E-state index >= 15 is 0 Å². The highest BCUT2D eigenvalue weighted by molar-refractivity contribution is 6.68. The molecule has 3 nitrogen and oxygen atoms in total. The van der Waals surface area contributed by atoms with E-state index in [9.17, 15) is 9.90 Å². The lowest BCUT2D eigenvalue weighted by Gasteiger charge is -1.93. The largest absolute Gasteiger partial charge is 0.508 e. The Morgan fingerprint density at radius 3 is 2.92 bits per heavy atom. The minimum Gasteiger partial charge on any atom is -0.508 e. The number of benzene rings is 1. The van der Waals surface area contributed by atoms with Crippen LogP contribution in [-0.2, 0) is 0 Å². The molecule has 0 atom stereocenters. The first kappa shape index (κ1) is 8.13. The molecule has 2 aromatic rings. The van der Waals surface area contributed by atoms with Gasteiger partial charge in [-0.3, -0.25) is 4.79 Å². The highest BCUT2D eigenvalue weighted by Crippen LogP contribution is 2.23. The van der Waals surface area contributed by atoms with Crippen molar-refractivity contribution in [2.24, 2.45) is 0 Å². The third-order valence-corrected chi connectivity index (χ3v) is 2.08. The second-order valence-electron chi connectivity index (χ2n) is 2.71. The Morgan fingerprint density at radius 2 is 2.23 bits per heavy atom. The van der Waals surface area contributed by atoms with Gasteiger partial charge in [0.05, 0.1) is 5.56 Å². The summed E-state index contributed by atoms with van der Waals surface area (Å²) in [5.41, 5.74) is 1.16. The zero-order valence-corrected chi connectivity index (χ0v) is 7.30. The predicted octanol–water partition coefficient (Wildman–Crippen LogP) is 2.25. The number of aromatic hydroxyl groups is 1. The summed E-state index contributed by atoms with van der Waals surface area (Å²) in [5, 5.41) is 9.29. The van der Waals surface area contributed by atoms with Gasteiger partial charge in [-0.2, -0.15) is 0 Å². The van der Waals surface area contributed by atoms with E-state index in [2.05, 4.69) is 4.98 Å². The average Bonchev–Trinajstić information content (AvgIpc) is 2.46. The fourth-order valence-electron chi connectivity index (χ4n) is 1.27. The van der Waals surface area contributed by atoms with E-state index in [0.29, 0.717) is 10.9 Å². The van der Waals surface area contributed by atoms with Crippen LogP contribution in [0.4, 0.5) is 0 Å². The molecule has 0 spiro atoms. The Balaban J connectivity index is 2.79. The number of aromatic amines is 1. The van der Waals surface area contributed by atoms with Gasteiger partial charge in [-0.25, -0.2) is 0 Å². The van der Waals surface area contributed by atoms with Gasteiger partial charge in [-0.15, -0.1) is 0 Å². The number of carbonyl (C=O) groups is 1. The van der Waals surface area contributed by atoms with Crippen molar-refractivity contribution in [1.29, 1.82) is 0 Å². The molecule has 0 unspecified atom stereocenters. The van der Waals surface area contributed by atoms with E-state index in [1.165, 1.54) is 12.3 Å². The van der Waals surface area contributed by atoms with Crippen LogP contribution in [0.15, 0.2) is 24.4 Å². The van der Waals surface area contributed by atoms with E-state index in [1.54, 1.807) is 12.1 Å². The van der Waals surface area contributed by atoms with Crippen LogP contribution >= 0.6 is 11.6 Å². The monoisotopic (exact) mass is 195 g/mol. The van der Waals surface area contributed by atoms with E-state index in [4.69, 9.17) is 11.6 Å². The quantitative estimate of drug-likeness (QED) is 0.686. The first-order valence-corrected chi connectivity index (χ1v) is 4.06. The van der Waals surface area contributed by atoms with Crippen molar-refractivity contribution in [1.82, 2.24) is 4.98 Å². The number of halogens is 1. The highest BCUT2D eigenvalue weighted by atomic mass is 35.5. The van der Waals surface area contributed by atoms with Crippen molar-refractivity contribution >= 4 is 27.7 Å². The van der Waals surface area contributed by atoms with Gasteiger partial charge in [0.1, 0.15) is 5.75 Å². The van der Waals surface area contributed by atoms with E-state index < -0.39 is 5.24 Å². The zero-order chi connectivity index (χ0) is 9.42. The second kappa shape index (κ2) is 2.78. The van der Waals surface area contributed by atoms with E-state index in [-0.39, 0.29) is 5.75 Å². The molecular weight excluding hydrogens is 190 g/mol. The summed E-state index contributed by atoms with van der Waals surface area (Å²) in [6, 6.07) is 4.73. The summed E-state index contributed by atoms with van der Waals surface area (Å²) < 4.78 is 0. The maximum Gasteiger partial charge on any atom is 0.254 e. The van der Waals surface area contributed by atoms with Gasteiger partial charge in [0.15, 0.2) is 0 Å². The molecule has 1 aromatic carbocycles. The molecule has 0 aliphatic heterocycles. The number of nitrogens with one attached hydrogen (secondary N) is 1. The first-order chi connectivity index (χ1) is 6.18. The lowest BCUT2D eigenvalue weighted by atomic mass is 10.2. The standard InChI is InChI=1S/C9H6ClNO2/c10-9(13)7-4-11-8-2-1-5(12)3-6(7)8/h1-4,11-12H. The Labute approximate surface area is 78.9 Å². The molecule has 0 saturated carbocycles. The number of phenols is 1. The number of hydrogen-bond donors (Lipinski definition) is 2. The molecule has 0 aliphatic carbocycles. The van der Waals surface area contributed by atoms with Gasteiger partial charge < -0.3 is 10.1 Å². The Bertz CT molecular complexity index is 475. The second-order valence-corrected chi connectivity index (χ2v) is 3.05. The van der Waals surface area contributed by atoms with Crippen molar-refractivity contribution < 1.29 is 9.90 Å². The van der Waals surface area contributed by atoms with Crippen LogP contribution < -0.4 is 0 Å².